The molecule has 3 rings (SSSR count). The molecule has 0 radical (unpaired) electrons. The van der Waals surface area contributed by atoms with Crippen LogP contribution in [0.15, 0.2) is 18.0 Å². The highest BCUT2D eigenvalue weighted by atomic mass is 16.6. The third-order valence-corrected chi connectivity index (χ3v) is 5.00. The van der Waals surface area contributed by atoms with E-state index in [1.165, 1.54) is 34.5 Å². The standard InChI is InChI=1S/C19H22N2O9/c1-25-11-7-9-13(17(28-4)16(11)27-3)15(22)10-8-12(26-2)20(18(23)29-5)21(14(9)10)19(24)30-6/h7-8,10,14H,1-6H3/t10-,14-/m0/s1. The van der Waals surface area contributed by atoms with Gasteiger partial charge in [0.1, 0.15) is 0 Å². The first-order valence-electron chi connectivity index (χ1n) is 8.78. The lowest BCUT2D eigenvalue weighted by molar-refractivity contribution is -0.0632. The Morgan fingerprint density at radius 3 is 2.00 bits per heavy atom. The summed E-state index contributed by atoms with van der Waals surface area (Å²) in [5.41, 5.74) is 0.600. The van der Waals surface area contributed by atoms with Crippen molar-refractivity contribution in [2.45, 2.75) is 6.04 Å². The minimum atomic E-state index is -0.938. The molecule has 0 bridgehead atoms. The average Bonchev–Trinajstić information content (AvgIpc) is 3.06. The molecule has 162 valence electrons. The number of hydrazine groups is 1. The third kappa shape index (κ3) is 2.85. The molecule has 2 atom stereocenters. The Bertz CT molecular complexity index is 927. The number of fused-ring (bicyclic) bond motifs is 3. The minimum Gasteiger partial charge on any atom is -0.493 e. The highest BCUT2D eigenvalue weighted by molar-refractivity contribution is 6.08. The zero-order valence-electron chi connectivity index (χ0n) is 17.4. The number of hydrogen-bond donors (Lipinski definition) is 0. The van der Waals surface area contributed by atoms with Crippen molar-refractivity contribution in [3.05, 3.63) is 29.2 Å². The number of ether oxygens (including phenoxy) is 6. The number of carbonyl (C=O) groups excluding carboxylic acids is 3. The molecule has 0 saturated carbocycles. The van der Waals surface area contributed by atoms with Gasteiger partial charge in [0.15, 0.2) is 17.3 Å². The Labute approximate surface area is 172 Å². The fourth-order valence-electron chi connectivity index (χ4n) is 3.78. The van der Waals surface area contributed by atoms with Crippen LogP contribution in [0.3, 0.4) is 0 Å². The van der Waals surface area contributed by atoms with Gasteiger partial charge in [-0.2, -0.15) is 5.01 Å². The van der Waals surface area contributed by atoms with E-state index in [2.05, 4.69) is 0 Å². The lowest BCUT2D eigenvalue weighted by Crippen LogP contribution is -2.54. The van der Waals surface area contributed by atoms with Crippen molar-refractivity contribution in [3.8, 4) is 17.2 Å². The predicted octanol–water partition coefficient (Wildman–Crippen LogP) is 2.12. The van der Waals surface area contributed by atoms with Crippen LogP contribution in [0.4, 0.5) is 9.59 Å². The van der Waals surface area contributed by atoms with Crippen LogP contribution < -0.4 is 14.2 Å². The van der Waals surface area contributed by atoms with Gasteiger partial charge in [0.2, 0.25) is 11.6 Å². The fraction of sp³-hybridized carbons (Fsp3) is 0.421. The maximum atomic E-state index is 13.4. The molecule has 11 heteroatoms. The molecule has 1 aliphatic heterocycles. The highest BCUT2D eigenvalue weighted by Gasteiger charge is 2.54. The van der Waals surface area contributed by atoms with Gasteiger partial charge < -0.3 is 28.4 Å². The smallest absolute Gasteiger partial charge is 0.436 e. The summed E-state index contributed by atoms with van der Waals surface area (Å²) in [7, 11) is 7.85. The van der Waals surface area contributed by atoms with Gasteiger partial charge in [-0.3, -0.25) is 4.79 Å². The second kappa shape index (κ2) is 8.01. The second-order valence-corrected chi connectivity index (χ2v) is 6.25. The largest absolute Gasteiger partial charge is 0.493 e. The summed E-state index contributed by atoms with van der Waals surface area (Å²) in [6.07, 6.45) is -0.352. The molecule has 0 spiro atoms. The average molecular weight is 422 g/mol. The van der Waals surface area contributed by atoms with Crippen molar-refractivity contribution in [3.63, 3.8) is 0 Å². The Morgan fingerprint density at radius 1 is 0.867 bits per heavy atom. The van der Waals surface area contributed by atoms with Crippen LogP contribution in [0.25, 0.3) is 0 Å². The molecule has 11 nitrogen and oxygen atoms in total. The molecular formula is C19H22N2O9. The van der Waals surface area contributed by atoms with Crippen molar-refractivity contribution in [2.24, 2.45) is 5.92 Å². The van der Waals surface area contributed by atoms with Gasteiger partial charge >= 0.3 is 12.2 Å². The van der Waals surface area contributed by atoms with Crippen molar-refractivity contribution in [2.75, 3.05) is 42.7 Å². The van der Waals surface area contributed by atoms with Gasteiger partial charge in [-0.15, -0.1) is 5.01 Å². The summed E-state index contributed by atoms with van der Waals surface area (Å²) < 4.78 is 31.1. The van der Waals surface area contributed by atoms with Crippen LogP contribution in [-0.2, 0) is 14.2 Å². The molecule has 2 amide bonds. The fourth-order valence-corrected chi connectivity index (χ4v) is 3.78. The molecule has 0 N–H and O–H groups in total. The minimum absolute atomic E-state index is 0.0625. The maximum absolute atomic E-state index is 13.4. The normalized spacial score (nSPS) is 19.4. The van der Waals surface area contributed by atoms with Gasteiger partial charge in [0.25, 0.3) is 0 Å². The SMILES string of the molecule is COC(=O)N1C(OC)=C[C@@H]2C(=O)c3c(cc(OC)c(OC)c3OC)[C@@H]2N1C(=O)OC. The van der Waals surface area contributed by atoms with Crippen LogP contribution in [-0.4, -0.2) is 70.6 Å². The van der Waals surface area contributed by atoms with Crippen LogP contribution in [0.2, 0.25) is 0 Å². The van der Waals surface area contributed by atoms with E-state index in [0.717, 1.165) is 24.2 Å². The topological polar surface area (TPSA) is 113 Å². The maximum Gasteiger partial charge on any atom is 0.436 e. The monoisotopic (exact) mass is 422 g/mol. The predicted molar refractivity (Wildman–Crippen MR) is 100 cm³/mol. The summed E-state index contributed by atoms with van der Waals surface area (Å²) in [5.74, 6) is -0.601. The molecule has 1 aliphatic carbocycles. The van der Waals surface area contributed by atoms with Crippen molar-refractivity contribution >= 4 is 18.0 Å². The third-order valence-electron chi connectivity index (χ3n) is 5.00. The molecule has 0 aromatic heterocycles. The Balaban J connectivity index is 2.33. The number of rotatable bonds is 4. The Morgan fingerprint density at radius 2 is 1.50 bits per heavy atom. The number of methoxy groups -OCH3 is 6. The van der Waals surface area contributed by atoms with Crippen LogP contribution >= 0.6 is 0 Å². The molecule has 1 aromatic carbocycles. The van der Waals surface area contributed by atoms with E-state index in [-0.39, 0.29) is 34.5 Å². The number of Topliss-reactive ketones (excluding diaryl/α,β-unsaturated/α-hetero) is 1. The first kappa shape index (κ1) is 21.1. The van der Waals surface area contributed by atoms with E-state index in [1.807, 2.05) is 0 Å². The summed E-state index contributed by atoms with van der Waals surface area (Å²) in [6, 6.07) is 0.627. The quantitative estimate of drug-likeness (QED) is 0.720. The second-order valence-electron chi connectivity index (χ2n) is 6.25. The number of benzene rings is 1. The number of amides is 2. The molecule has 1 aromatic rings. The molecule has 0 fully saturated rings. The van der Waals surface area contributed by atoms with Crippen molar-refractivity contribution < 1.29 is 42.8 Å². The van der Waals surface area contributed by atoms with Gasteiger partial charge in [-0.1, -0.05) is 0 Å². The van der Waals surface area contributed by atoms with E-state index in [4.69, 9.17) is 28.4 Å². The highest BCUT2D eigenvalue weighted by Crippen LogP contribution is 2.53. The number of nitrogens with zero attached hydrogens (tertiary/aromatic N) is 2. The summed E-state index contributed by atoms with van der Waals surface area (Å²) in [6.45, 7) is 0. The van der Waals surface area contributed by atoms with E-state index in [0.29, 0.717) is 5.56 Å². The van der Waals surface area contributed by atoms with E-state index in [1.54, 1.807) is 6.07 Å². The van der Waals surface area contributed by atoms with Gasteiger partial charge in [-0.25, -0.2) is 9.59 Å². The zero-order chi connectivity index (χ0) is 22.2. The molecule has 0 unspecified atom stereocenters. The Kier molecular flexibility index (Phi) is 5.63. The lowest BCUT2D eigenvalue weighted by Gasteiger charge is -2.41. The van der Waals surface area contributed by atoms with Gasteiger partial charge in [-0.05, 0) is 17.7 Å². The van der Waals surface area contributed by atoms with E-state index in [9.17, 15) is 14.4 Å². The summed E-state index contributed by atoms with van der Waals surface area (Å²) in [5, 5.41) is 1.85. The first-order chi connectivity index (χ1) is 14.4. The number of ketones is 1. The van der Waals surface area contributed by atoms with Crippen LogP contribution in [0, 0.1) is 5.92 Å². The Hall–Kier alpha value is -3.63. The molecule has 30 heavy (non-hydrogen) atoms. The lowest BCUT2D eigenvalue weighted by atomic mass is 9.97. The van der Waals surface area contributed by atoms with Gasteiger partial charge in [0, 0.05) is 0 Å². The number of carbonyl (C=O) groups is 3. The first-order valence-corrected chi connectivity index (χ1v) is 8.78. The number of hydrogen-bond acceptors (Lipinski definition) is 9. The van der Waals surface area contributed by atoms with Crippen LogP contribution in [0.1, 0.15) is 22.0 Å². The molecule has 1 heterocycles. The summed E-state index contributed by atoms with van der Waals surface area (Å²) in [4.78, 5) is 38.6. The van der Waals surface area contributed by atoms with Crippen molar-refractivity contribution in [1.29, 1.82) is 0 Å². The summed E-state index contributed by atoms with van der Waals surface area (Å²) >= 11 is 0. The van der Waals surface area contributed by atoms with E-state index < -0.39 is 24.1 Å². The zero-order valence-corrected chi connectivity index (χ0v) is 17.4. The molecular weight excluding hydrogens is 400 g/mol. The molecule has 0 saturated heterocycles. The van der Waals surface area contributed by atoms with Crippen molar-refractivity contribution in [1.82, 2.24) is 10.0 Å². The van der Waals surface area contributed by atoms with E-state index >= 15 is 0 Å². The molecule has 2 aliphatic rings. The van der Waals surface area contributed by atoms with Gasteiger partial charge in [0.05, 0.1) is 60.2 Å². The van der Waals surface area contributed by atoms with Crippen LogP contribution in [0.5, 0.6) is 17.2 Å².